The molecule has 3 unspecified atom stereocenters. The molecule has 2 aliphatic rings. The smallest absolute Gasteiger partial charge is 0.0573 e. The summed E-state index contributed by atoms with van der Waals surface area (Å²) in [4.78, 5) is 7.06. The van der Waals surface area contributed by atoms with Crippen molar-refractivity contribution < 1.29 is 0 Å². The highest BCUT2D eigenvalue weighted by Crippen LogP contribution is 2.36. The van der Waals surface area contributed by atoms with Gasteiger partial charge in [0.15, 0.2) is 0 Å². The van der Waals surface area contributed by atoms with Gasteiger partial charge in [-0.2, -0.15) is 0 Å². The third-order valence-electron chi connectivity index (χ3n) is 4.72. The van der Waals surface area contributed by atoms with Gasteiger partial charge in [0, 0.05) is 31.9 Å². The molecule has 1 aromatic heterocycles. The molecule has 0 bridgehead atoms. The fraction of sp³-hybridized carbons (Fsp3) is 0.667. The number of pyridine rings is 1. The van der Waals surface area contributed by atoms with Gasteiger partial charge in [-0.15, -0.1) is 12.4 Å². The van der Waals surface area contributed by atoms with Crippen molar-refractivity contribution in [1.82, 2.24) is 9.88 Å². The van der Waals surface area contributed by atoms with E-state index in [1.54, 1.807) is 0 Å². The average molecular weight is 282 g/mol. The van der Waals surface area contributed by atoms with Gasteiger partial charge in [-0.3, -0.25) is 9.88 Å². The van der Waals surface area contributed by atoms with Crippen LogP contribution >= 0.6 is 12.4 Å². The Kier molecular flexibility index (Phi) is 4.82. The molecule has 1 aromatic rings. The summed E-state index contributed by atoms with van der Waals surface area (Å²) in [5.41, 5.74) is 8.79. The topological polar surface area (TPSA) is 42.2 Å². The molecule has 1 saturated heterocycles. The Labute approximate surface area is 122 Å². The van der Waals surface area contributed by atoms with Crippen LogP contribution in [0, 0.1) is 18.8 Å². The summed E-state index contributed by atoms with van der Waals surface area (Å²) in [6, 6.07) is 4.59. The molecule has 0 aromatic carbocycles. The van der Waals surface area contributed by atoms with E-state index >= 15 is 0 Å². The Balaban J connectivity index is 0.00000133. The number of aryl methyl sites for hydroxylation is 1. The Hall–Kier alpha value is -0.640. The molecule has 1 saturated carbocycles. The van der Waals surface area contributed by atoms with Crippen molar-refractivity contribution in [2.24, 2.45) is 17.6 Å². The zero-order chi connectivity index (χ0) is 12.5. The Bertz CT molecular complexity index is 424. The van der Waals surface area contributed by atoms with E-state index in [0.29, 0.717) is 6.04 Å². The number of likely N-dealkylation sites (tertiary alicyclic amines) is 1. The molecule has 2 fully saturated rings. The largest absolute Gasteiger partial charge is 0.327 e. The zero-order valence-corrected chi connectivity index (χ0v) is 12.4. The first-order valence-electron chi connectivity index (χ1n) is 7.12. The summed E-state index contributed by atoms with van der Waals surface area (Å²) in [7, 11) is 0. The van der Waals surface area contributed by atoms with E-state index in [0.717, 1.165) is 18.4 Å². The van der Waals surface area contributed by atoms with Gasteiger partial charge in [-0.25, -0.2) is 0 Å². The minimum Gasteiger partial charge on any atom is -0.327 e. The highest BCUT2D eigenvalue weighted by Gasteiger charge is 2.38. The van der Waals surface area contributed by atoms with Crippen LogP contribution in [0.3, 0.4) is 0 Å². The molecule has 3 rings (SSSR count). The maximum Gasteiger partial charge on any atom is 0.0573 e. The summed E-state index contributed by atoms with van der Waals surface area (Å²) in [6.45, 7) is 5.53. The molecule has 19 heavy (non-hydrogen) atoms. The predicted octanol–water partition coefficient (Wildman–Crippen LogP) is 2.37. The van der Waals surface area contributed by atoms with Crippen molar-refractivity contribution in [2.45, 2.75) is 38.8 Å². The second kappa shape index (κ2) is 6.21. The number of halogens is 1. The lowest BCUT2D eigenvalue weighted by atomic mass is 9.78. The highest BCUT2D eigenvalue weighted by atomic mass is 35.5. The Morgan fingerprint density at radius 2 is 2.21 bits per heavy atom. The summed E-state index contributed by atoms with van der Waals surface area (Å²) in [5, 5.41) is 0. The van der Waals surface area contributed by atoms with Crippen LogP contribution in [-0.4, -0.2) is 29.0 Å². The normalized spacial score (nSPS) is 30.7. The van der Waals surface area contributed by atoms with E-state index in [9.17, 15) is 0 Å². The number of rotatable bonds is 2. The molecule has 106 valence electrons. The third-order valence-corrected chi connectivity index (χ3v) is 4.72. The summed E-state index contributed by atoms with van der Waals surface area (Å²) >= 11 is 0. The van der Waals surface area contributed by atoms with Gasteiger partial charge < -0.3 is 5.73 Å². The van der Waals surface area contributed by atoms with Gasteiger partial charge in [0.05, 0.1) is 5.69 Å². The summed E-state index contributed by atoms with van der Waals surface area (Å²) in [6.07, 6.45) is 5.81. The van der Waals surface area contributed by atoms with E-state index in [2.05, 4.69) is 22.9 Å². The molecule has 2 N–H and O–H groups in total. The van der Waals surface area contributed by atoms with Gasteiger partial charge in [0.25, 0.3) is 0 Å². The van der Waals surface area contributed by atoms with E-state index in [1.807, 2.05) is 12.3 Å². The van der Waals surface area contributed by atoms with Crippen molar-refractivity contribution >= 4 is 12.4 Å². The van der Waals surface area contributed by atoms with Crippen molar-refractivity contribution in [1.29, 1.82) is 0 Å². The lowest BCUT2D eigenvalue weighted by Gasteiger charge is -2.29. The minimum atomic E-state index is 0. The number of nitrogens with two attached hydrogens (primary N) is 1. The number of aromatic nitrogens is 1. The van der Waals surface area contributed by atoms with Crippen molar-refractivity contribution in [3.63, 3.8) is 0 Å². The molecule has 1 aliphatic carbocycles. The fourth-order valence-corrected chi connectivity index (χ4v) is 3.63. The molecule has 3 nitrogen and oxygen atoms in total. The van der Waals surface area contributed by atoms with Gasteiger partial charge >= 0.3 is 0 Å². The monoisotopic (exact) mass is 281 g/mol. The van der Waals surface area contributed by atoms with Crippen LogP contribution in [-0.2, 0) is 6.54 Å². The van der Waals surface area contributed by atoms with Crippen LogP contribution in [0.5, 0.6) is 0 Å². The molecular formula is C15H24ClN3. The second-order valence-corrected chi connectivity index (χ2v) is 5.98. The van der Waals surface area contributed by atoms with Crippen LogP contribution in [0.2, 0.25) is 0 Å². The van der Waals surface area contributed by atoms with Crippen molar-refractivity contribution in [3.8, 4) is 0 Å². The van der Waals surface area contributed by atoms with Crippen LogP contribution in [0.1, 0.15) is 30.5 Å². The number of fused-ring (bicyclic) bond motifs is 1. The first-order valence-corrected chi connectivity index (χ1v) is 7.12. The lowest BCUT2D eigenvalue weighted by Crippen LogP contribution is -2.38. The molecule has 0 amide bonds. The third kappa shape index (κ3) is 3.10. The molecule has 1 aliphatic heterocycles. The molecule has 2 heterocycles. The van der Waals surface area contributed by atoms with Crippen molar-refractivity contribution in [2.75, 3.05) is 13.1 Å². The van der Waals surface area contributed by atoms with Gasteiger partial charge in [-0.1, -0.05) is 12.5 Å². The predicted molar refractivity (Wildman–Crippen MR) is 80.3 cm³/mol. The van der Waals surface area contributed by atoms with Crippen LogP contribution in [0.4, 0.5) is 0 Å². The Morgan fingerprint density at radius 1 is 1.37 bits per heavy atom. The molecular weight excluding hydrogens is 258 g/mol. The van der Waals surface area contributed by atoms with E-state index in [-0.39, 0.29) is 12.4 Å². The van der Waals surface area contributed by atoms with E-state index < -0.39 is 0 Å². The van der Waals surface area contributed by atoms with Crippen molar-refractivity contribution in [3.05, 3.63) is 29.6 Å². The van der Waals surface area contributed by atoms with E-state index in [4.69, 9.17) is 5.73 Å². The molecule has 3 atom stereocenters. The molecule has 0 radical (unpaired) electrons. The average Bonchev–Trinajstić information content (AvgIpc) is 2.76. The number of hydrogen-bond donors (Lipinski definition) is 1. The number of nitrogens with zero attached hydrogens (tertiary/aromatic N) is 2. The van der Waals surface area contributed by atoms with Crippen LogP contribution in [0.25, 0.3) is 0 Å². The summed E-state index contributed by atoms with van der Waals surface area (Å²) in [5.74, 6) is 1.56. The second-order valence-electron chi connectivity index (χ2n) is 5.98. The molecule has 4 heteroatoms. The van der Waals surface area contributed by atoms with Gasteiger partial charge in [0.1, 0.15) is 0 Å². The van der Waals surface area contributed by atoms with E-state index in [1.165, 1.54) is 43.6 Å². The quantitative estimate of drug-likeness (QED) is 0.905. The standard InChI is InChI=1S/C15H23N3.ClH/c1-11-4-3-7-17-15(11)10-18-8-12-5-2-6-14(16)13(12)9-18;/h3-4,7,12-14H,2,5-6,8-10,16H2,1H3;1H. The SMILES string of the molecule is Cc1cccnc1CN1CC2CCCC(N)C2C1.Cl. The lowest BCUT2D eigenvalue weighted by molar-refractivity contribution is 0.259. The molecule has 0 spiro atoms. The maximum atomic E-state index is 6.26. The minimum absolute atomic E-state index is 0. The Morgan fingerprint density at radius 3 is 2.95 bits per heavy atom. The zero-order valence-electron chi connectivity index (χ0n) is 11.6. The van der Waals surface area contributed by atoms with Crippen LogP contribution in [0.15, 0.2) is 18.3 Å². The van der Waals surface area contributed by atoms with Crippen LogP contribution < -0.4 is 5.73 Å². The fourth-order valence-electron chi connectivity index (χ4n) is 3.63. The first-order chi connectivity index (χ1) is 8.74. The van der Waals surface area contributed by atoms with Gasteiger partial charge in [0.2, 0.25) is 0 Å². The van der Waals surface area contributed by atoms with Gasteiger partial charge in [-0.05, 0) is 43.2 Å². The number of hydrogen-bond acceptors (Lipinski definition) is 3. The first kappa shape index (κ1) is 14.8. The summed E-state index contributed by atoms with van der Waals surface area (Å²) < 4.78 is 0. The maximum absolute atomic E-state index is 6.26. The highest BCUT2D eigenvalue weighted by molar-refractivity contribution is 5.85.